The lowest BCUT2D eigenvalue weighted by atomic mass is 10.0. The van der Waals surface area contributed by atoms with Crippen molar-refractivity contribution in [3.05, 3.63) is 30.1 Å². The Balaban J connectivity index is 1.94. The van der Waals surface area contributed by atoms with Crippen molar-refractivity contribution in [3.8, 4) is 0 Å². The molecule has 0 spiro atoms. The molecule has 12 heavy (non-hydrogen) atoms. The van der Waals surface area contributed by atoms with Gasteiger partial charge in [0.2, 0.25) is 0 Å². The Morgan fingerprint density at radius 3 is 3.17 bits per heavy atom. The second-order valence-corrected chi connectivity index (χ2v) is 3.38. The van der Waals surface area contributed by atoms with Crippen LogP contribution in [0.15, 0.2) is 24.4 Å². The Kier molecular flexibility index (Phi) is 2.37. The summed E-state index contributed by atoms with van der Waals surface area (Å²) in [5.74, 6) is 0.805. The molecule has 0 bridgehead atoms. The van der Waals surface area contributed by atoms with Crippen molar-refractivity contribution in [3.63, 3.8) is 0 Å². The van der Waals surface area contributed by atoms with Crippen molar-refractivity contribution >= 4 is 0 Å². The molecule has 2 heterocycles. The number of rotatable bonds is 2. The number of aromatic nitrogens is 1. The summed E-state index contributed by atoms with van der Waals surface area (Å²) >= 11 is 0. The van der Waals surface area contributed by atoms with Crippen molar-refractivity contribution in [2.75, 3.05) is 13.1 Å². The summed E-state index contributed by atoms with van der Waals surface area (Å²) < 4.78 is 0. The highest BCUT2D eigenvalue weighted by molar-refractivity contribution is 5.04. The normalized spacial score (nSPS) is 22.8. The SMILES string of the molecule is c1ccc(C[C@@H]2CCNC2)nc1. The fourth-order valence-corrected chi connectivity index (χ4v) is 1.70. The van der Waals surface area contributed by atoms with Crippen LogP contribution >= 0.6 is 0 Å². The molecule has 0 aromatic carbocycles. The van der Waals surface area contributed by atoms with Crippen LogP contribution in [-0.4, -0.2) is 18.1 Å². The fourth-order valence-electron chi connectivity index (χ4n) is 1.70. The van der Waals surface area contributed by atoms with E-state index in [1.165, 1.54) is 18.7 Å². The van der Waals surface area contributed by atoms with E-state index in [1.54, 1.807) is 0 Å². The van der Waals surface area contributed by atoms with Gasteiger partial charge in [-0.1, -0.05) is 6.07 Å². The average Bonchev–Trinajstić information content (AvgIpc) is 2.59. The van der Waals surface area contributed by atoms with E-state index in [0.29, 0.717) is 0 Å². The number of nitrogens with zero attached hydrogens (tertiary/aromatic N) is 1. The van der Waals surface area contributed by atoms with Crippen LogP contribution in [0.4, 0.5) is 0 Å². The first-order valence-corrected chi connectivity index (χ1v) is 4.56. The van der Waals surface area contributed by atoms with E-state index in [2.05, 4.69) is 22.4 Å². The minimum atomic E-state index is 0.805. The van der Waals surface area contributed by atoms with Crippen LogP contribution in [0, 0.1) is 5.92 Å². The molecule has 0 saturated carbocycles. The second kappa shape index (κ2) is 3.68. The maximum absolute atomic E-state index is 4.31. The molecule has 2 nitrogen and oxygen atoms in total. The average molecular weight is 162 g/mol. The summed E-state index contributed by atoms with van der Waals surface area (Å²) in [6.07, 6.45) is 4.31. The molecular formula is C10H14N2. The van der Waals surface area contributed by atoms with Gasteiger partial charge in [-0.15, -0.1) is 0 Å². The molecule has 1 aromatic rings. The lowest BCUT2D eigenvalue weighted by Gasteiger charge is -2.05. The zero-order valence-electron chi connectivity index (χ0n) is 7.16. The van der Waals surface area contributed by atoms with Crippen LogP contribution in [0.3, 0.4) is 0 Å². The van der Waals surface area contributed by atoms with Gasteiger partial charge in [-0.2, -0.15) is 0 Å². The summed E-state index contributed by atoms with van der Waals surface area (Å²) in [6.45, 7) is 2.34. The molecular weight excluding hydrogens is 148 g/mol. The lowest BCUT2D eigenvalue weighted by molar-refractivity contribution is 0.572. The molecule has 2 heteroatoms. The van der Waals surface area contributed by atoms with Gasteiger partial charge in [0.15, 0.2) is 0 Å². The predicted octanol–water partition coefficient (Wildman–Crippen LogP) is 1.23. The van der Waals surface area contributed by atoms with Crippen molar-refractivity contribution < 1.29 is 0 Å². The Hall–Kier alpha value is -0.890. The van der Waals surface area contributed by atoms with Gasteiger partial charge in [-0.3, -0.25) is 4.98 Å². The van der Waals surface area contributed by atoms with Crippen LogP contribution in [0.5, 0.6) is 0 Å². The first kappa shape index (κ1) is 7.74. The number of hydrogen-bond acceptors (Lipinski definition) is 2. The molecule has 2 rings (SSSR count). The third kappa shape index (κ3) is 1.83. The summed E-state index contributed by atoms with van der Waals surface area (Å²) in [5, 5.41) is 3.36. The predicted molar refractivity (Wildman–Crippen MR) is 48.9 cm³/mol. The Labute approximate surface area is 73.0 Å². The third-order valence-corrected chi connectivity index (χ3v) is 2.39. The Bertz CT molecular complexity index is 227. The van der Waals surface area contributed by atoms with Crippen LogP contribution in [-0.2, 0) is 6.42 Å². The van der Waals surface area contributed by atoms with Gasteiger partial charge in [-0.25, -0.2) is 0 Å². The lowest BCUT2D eigenvalue weighted by Crippen LogP contribution is -2.11. The van der Waals surface area contributed by atoms with Crippen LogP contribution in [0.2, 0.25) is 0 Å². The standard InChI is InChI=1S/C10H14N2/c1-2-5-12-10(3-1)7-9-4-6-11-8-9/h1-3,5,9,11H,4,6-8H2/t9-/m0/s1. The van der Waals surface area contributed by atoms with E-state index in [4.69, 9.17) is 0 Å². The summed E-state index contributed by atoms with van der Waals surface area (Å²) in [5.41, 5.74) is 1.23. The van der Waals surface area contributed by atoms with Crippen molar-refractivity contribution in [1.29, 1.82) is 0 Å². The largest absolute Gasteiger partial charge is 0.316 e. The molecule has 64 valence electrons. The van der Waals surface area contributed by atoms with Gasteiger partial charge < -0.3 is 5.32 Å². The van der Waals surface area contributed by atoms with Crippen molar-refractivity contribution in [1.82, 2.24) is 10.3 Å². The smallest absolute Gasteiger partial charge is 0.0406 e. The third-order valence-electron chi connectivity index (χ3n) is 2.39. The molecule has 1 saturated heterocycles. The monoisotopic (exact) mass is 162 g/mol. The van der Waals surface area contributed by atoms with E-state index in [9.17, 15) is 0 Å². The number of pyridine rings is 1. The van der Waals surface area contributed by atoms with Gasteiger partial charge in [0.1, 0.15) is 0 Å². The van der Waals surface area contributed by atoms with E-state index < -0.39 is 0 Å². The summed E-state index contributed by atoms with van der Waals surface area (Å²) in [4.78, 5) is 4.31. The van der Waals surface area contributed by atoms with Crippen molar-refractivity contribution in [2.45, 2.75) is 12.8 Å². The molecule has 1 fully saturated rings. The summed E-state index contributed by atoms with van der Waals surface area (Å²) in [7, 11) is 0. The Morgan fingerprint density at radius 1 is 1.50 bits per heavy atom. The van der Waals surface area contributed by atoms with Gasteiger partial charge in [-0.05, 0) is 44.0 Å². The Morgan fingerprint density at radius 2 is 2.50 bits per heavy atom. The van der Waals surface area contributed by atoms with E-state index >= 15 is 0 Å². The molecule has 0 aliphatic carbocycles. The quantitative estimate of drug-likeness (QED) is 0.707. The van der Waals surface area contributed by atoms with Crippen LogP contribution in [0.1, 0.15) is 12.1 Å². The maximum Gasteiger partial charge on any atom is 0.0406 e. The minimum Gasteiger partial charge on any atom is -0.316 e. The number of hydrogen-bond donors (Lipinski definition) is 1. The molecule has 1 N–H and O–H groups in total. The fraction of sp³-hybridized carbons (Fsp3) is 0.500. The van der Waals surface area contributed by atoms with Crippen LogP contribution in [0.25, 0.3) is 0 Å². The maximum atomic E-state index is 4.31. The molecule has 1 aromatic heterocycles. The molecule has 0 unspecified atom stereocenters. The first-order valence-electron chi connectivity index (χ1n) is 4.56. The molecule has 1 atom stereocenters. The minimum absolute atomic E-state index is 0.805. The van der Waals surface area contributed by atoms with Crippen LogP contribution < -0.4 is 5.32 Å². The molecule has 0 radical (unpaired) electrons. The summed E-state index contributed by atoms with van der Waals surface area (Å²) in [6, 6.07) is 6.14. The molecule has 0 amide bonds. The van der Waals surface area contributed by atoms with Crippen molar-refractivity contribution in [2.24, 2.45) is 5.92 Å². The van der Waals surface area contributed by atoms with E-state index in [-0.39, 0.29) is 0 Å². The van der Waals surface area contributed by atoms with Gasteiger partial charge in [0, 0.05) is 11.9 Å². The van der Waals surface area contributed by atoms with E-state index in [1.807, 2.05) is 12.3 Å². The zero-order valence-corrected chi connectivity index (χ0v) is 7.16. The van der Waals surface area contributed by atoms with E-state index in [0.717, 1.165) is 18.9 Å². The van der Waals surface area contributed by atoms with Gasteiger partial charge in [0.05, 0.1) is 0 Å². The highest BCUT2D eigenvalue weighted by atomic mass is 14.9. The first-order chi connectivity index (χ1) is 5.95. The molecule has 1 aliphatic heterocycles. The molecule has 1 aliphatic rings. The second-order valence-electron chi connectivity index (χ2n) is 3.38. The number of nitrogens with one attached hydrogen (secondary N) is 1. The zero-order chi connectivity index (χ0) is 8.23. The highest BCUT2D eigenvalue weighted by Crippen LogP contribution is 2.12. The van der Waals surface area contributed by atoms with Gasteiger partial charge >= 0.3 is 0 Å². The van der Waals surface area contributed by atoms with Gasteiger partial charge in [0.25, 0.3) is 0 Å². The highest BCUT2D eigenvalue weighted by Gasteiger charge is 2.14. The topological polar surface area (TPSA) is 24.9 Å².